The molecule has 1 aliphatic heterocycles. The molecule has 2 N–H and O–H groups in total. The molecule has 4 aromatic rings. The summed E-state index contributed by atoms with van der Waals surface area (Å²) < 4.78 is 24.2. The highest BCUT2D eigenvalue weighted by atomic mass is 35.5. The molecule has 1 fully saturated rings. The number of carbonyl (C=O) groups excluding carboxylic acids is 1. The van der Waals surface area contributed by atoms with E-state index in [0.717, 1.165) is 4.68 Å². The molecular weight excluding hydrogens is 491 g/mol. The second-order valence-electron chi connectivity index (χ2n) is 8.93. The maximum Gasteiger partial charge on any atom is 0.545 e. The predicted octanol–water partition coefficient (Wildman–Crippen LogP) is 4.07. The van der Waals surface area contributed by atoms with Crippen molar-refractivity contribution in [3.63, 3.8) is 0 Å². The van der Waals surface area contributed by atoms with Crippen molar-refractivity contribution in [2.45, 2.75) is 31.0 Å². The summed E-state index contributed by atoms with van der Waals surface area (Å²) in [6.45, 7) is -0.320. The number of ether oxygens (including phenoxy) is 2. The van der Waals surface area contributed by atoms with Crippen molar-refractivity contribution in [2.24, 2.45) is 0 Å². The van der Waals surface area contributed by atoms with Gasteiger partial charge in [-0.2, -0.15) is 5.10 Å². The van der Waals surface area contributed by atoms with Crippen molar-refractivity contribution in [3.05, 3.63) is 81.6 Å². The number of hydrogen-bond acceptors (Lipinski definition) is 7. The fourth-order valence-corrected chi connectivity index (χ4v) is 4.82. The van der Waals surface area contributed by atoms with Gasteiger partial charge in [0.15, 0.2) is 17.3 Å². The van der Waals surface area contributed by atoms with E-state index in [4.69, 9.17) is 16.3 Å². The number of aromatic nitrogens is 2. The zero-order valence-electron chi connectivity index (χ0n) is 18.6. The number of fused-ring (bicyclic) bond motifs is 2. The van der Waals surface area contributed by atoms with E-state index in [1.54, 1.807) is 36.4 Å². The van der Waals surface area contributed by atoms with Crippen molar-refractivity contribution in [3.8, 4) is 28.5 Å². The highest BCUT2D eigenvalue weighted by Gasteiger charge is 2.52. The topological polar surface area (TPSA) is 111 Å². The van der Waals surface area contributed by atoms with Gasteiger partial charge < -0.3 is 14.6 Å². The first-order valence-electron chi connectivity index (χ1n) is 11.1. The Kier molecular flexibility index (Phi) is 4.86. The average Bonchev–Trinajstić information content (AvgIpc) is 3.58. The fraction of sp³-hybridized carbons (Fsp3) is 0.192. The molecule has 0 amide bonds. The third-order valence-corrected chi connectivity index (χ3v) is 6.82. The number of carbonyl (C=O) groups is 1. The zero-order chi connectivity index (χ0) is 25.2. The zero-order valence-corrected chi connectivity index (χ0v) is 19.3. The quantitative estimate of drug-likeness (QED) is 0.418. The molecule has 36 heavy (non-hydrogen) atoms. The molecule has 1 saturated carbocycles. The van der Waals surface area contributed by atoms with E-state index in [-0.39, 0.29) is 35.0 Å². The normalized spacial score (nSPS) is 19.4. The summed E-state index contributed by atoms with van der Waals surface area (Å²) in [5, 5.41) is 25.1. The van der Waals surface area contributed by atoms with Crippen LogP contribution in [-0.4, -0.2) is 32.0 Å². The Morgan fingerprint density at radius 3 is 2.58 bits per heavy atom. The summed E-state index contributed by atoms with van der Waals surface area (Å²) >= 11 is 6.17. The molecule has 0 radical (unpaired) electrons. The van der Waals surface area contributed by atoms with E-state index in [0.29, 0.717) is 40.1 Å². The standard InChI is InChI=1S/C26H18ClFN2O6/c27-16-3-1-2-14(10-16)23-18-6-5-17(31)12-19(18)24(33)30(29-23)13-22(32)25(8-9-25)15-4-7-20-21(11-15)36-26(28,34)35-20/h1-7,10-12,31,34H,8-9,13H2. The summed E-state index contributed by atoms with van der Waals surface area (Å²) in [4.78, 5) is 26.8. The Labute approximate surface area is 208 Å². The number of Topliss-reactive ketones (excluding diaryl/α,β-unsaturated/α-hetero) is 1. The largest absolute Gasteiger partial charge is 0.545 e. The van der Waals surface area contributed by atoms with Gasteiger partial charge in [0.2, 0.25) is 0 Å². The third-order valence-electron chi connectivity index (χ3n) is 6.59. The van der Waals surface area contributed by atoms with Crippen LogP contribution in [0.4, 0.5) is 4.39 Å². The van der Waals surface area contributed by atoms with Gasteiger partial charge >= 0.3 is 6.23 Å². The minimum atomic E-state index is -3.26. The number of benzene rings is 3. The average molecular weight is 509 g/mol. The van der Waals surface area contributed by atoms with Crippen molar-refractivity contribution >= 4 is 28.2 Å². The number of nitrogens with zero attached hydrogens (tertiary/aromatic N) is 2. The third kappa shape index (κ3) is 3.68. The molecule has 0 spiro atoms. The van der Waals surface area contributed by atoms with Crippen LogP contribution in [0.3, 0.4) is 0 Å². The van der Waals surface area contributed by atoms with E-state index in [1.807, 2.05) is 0 Å². The second-order valence-corrected chi connectivity index (χ2v) is 9.36. The lowest BCUT2D eigenvalue weighted by atomic mass is 9.91. The van der Waals surface area contributed by atoms with Crippen molar-refractivity contribution in [1.29, 1.82) is 0 Å². The summed E-state index contributed by atoms with van der Waals surface area (Å²) in [6.07, 6.45) is -2.21. The summed E-state index contributed by atoms with van der Waals surface area (Å²) in [7, 11) is 0. The number of aliphatic hydroxyl groups is 1. The van der Waals surface area contributed by atoms with E-state index in [1.165, 1.54) is 24.3 Å². The lowest BCUT2D eigenvalue weighted by Crippen LogP contribution is -2.32. The van der Waals surface area contributed by atoms with E-state index in [2.05, 4.69) is 9.84 Å². The lowest BCUT2D eigenvalue weighted by molar-refractivity contribution is -0.338. The monoisotopic (exact) mass is 508 g/mol. The number of phenolic OH excluding ortho intramolecular Hbond substituents is 1. The Morgan fingerprint density at radius 2 is 1.83 bits per heavy atom. The molecule has 3 aromatic carbocycles. The number of hydrogen-bond donors (Lipinski definition) is 2. The van der Waals surface area contributed by atoms with Gasteiger partial charge in [-0.25, -0.2) is 4.68 Å². The van der Waals surface area contributed by atoms with Gasteiger partial charge in [0, 0.05) is 16.0 Å². The molecule has 1 aromatic heterocycles. The molecule has 0 bridgehead atoms. The lowest BCUT2D eigenvalue weighted by Gasteiger charge is -2.17. The van der Waals surface area contributed by atoms with Gasteiger partial charge in [-0.15, -0.1) is 4.39 Å². The summed E-state index contributed by atoms with van der Waals surface area (Å²) in [5.41, 5.74) is 0.226. The number of halogens is 2. The van der Waals surface area contributed by atoms with E-state index in [9.17, 15) is 24.2 Å². The molecule has 182 valence electrons. The number of alkyl halides is 1. The second kappa shape index (κ2) is 7.78. The Balaban J connectivity index is 1.40. The Bertz CT molecular complexity index is 1630. The maximum atomic E-state index is 13.7. The number of phenols is 1. The molecule has 0 saturated heterocycles. The van der Waals surface area contributed by atoms with Crippen molar-refractivity contribution < 1.29 is 28.9 Å². The van der Waals surface area contributed by atoms with Crippen LogP contribution >= 0.6 is 11.6 Å². The first-order valence-corrected chi connectivity index (χ1v) is 11.5. The van der Waals surface area contributed by atoms with Crippen LogP contribution in [-0.2, 0) is 16.8 Å². The van der Waals surface area contributed by atoms with Crippen LogP contribution in [0.15, 0.2) is 65.5 Å². The van der Waals surface area contributed by atoms with Crippen LogP contribution in [0.25, 0.3) is 22.0 Å². The molecule has 8 nitrogen and oxygen atoms in total. The van der Waals surface area contributed by atoms with Gasteiger partial charge in [-0.1, -0.05) is 29.8 Å². The molecule has 1 aliphatic carbocycles. The highest BCUT2D eigenvalue weighted by Crippen LogP contribution is 2.52. The van der Waals surface area contributed by atoms with Crippen LogP contribution in [0.2, 0.25) is 5.02 Å². The van der Waals surface area contributed by atoms with Crippen molar-refractivity contribution in [1.82, 2.24) is 9.78 Å². The summed E-state index contributed by atoms with van der Waals surface area (Å²) in [6, 6.07) is 15.9. The van der Waals surface area contributed by atoms with Gasteiger partial charge in [0.1, 0.15) is 12.3 Å². The van der Waals surface area contributed by atoms with Crippen LogP contribution in [0.1, 0.15) is 18.4 Å². The molecule has 2 heterocycles. The minimum Gasteiger partial charge on any atom is -0.508 e. The van der Waals surface area contributed by atoms with Crippen LogP contribution in [0, 0.1) is 0 Å². The fourth-order valence-electron chi connectivity index (χ4n) is 4.63. The summed E-state index contributed by atoms with van der Waals surface area (Å²) in [5.74, 6) is -0.350. The first kappa shape index (κ1) is 22.5. The van der Waals surface area contributed by atoms with E-state index < -0.39 is 17.2 Å². The molecule has 1 atom stereocenters. The Morgan fingerprint density at radius 1 is 1.06 bits per heavy atom. The van der Waals surface area contributed by atoms with Crippen LogP contribution in [0.5, 0.6) is 17.2 Å². The first-order chi connectivity index (χ1) is 17.1. The van der Waals surface area contributed by atoms with Gasteiger partial charge in [0.25, 0.3) is 5.56 Å². The molecule has 10 heteroatoms. The SMILES string of the molecule is O=C(Cn1nc(-c2cccc(Cl)c2)c2ccc(O)cc2c1=O)C1(c2ccc3c(c2)OC(O)(F)O3)CC1. The van der Waals surface area contributed by atoms with Crippen LogP contribution < -0.4 is 15.0 Å². The molecule has 6 rings (SSSR count). The molecular formula is C26H18ClFN2O6. The highest BCUT2D eigenvalue weighted by molar-refractivity contribution is 6.30. The molecule has 1 unspecified atom stereocenters. The number of ketones is 1. The number of aromatic hydroxyl groups is 1. The maximum absolute atomic E-state index is 13.7. The van der Waals surface area contributed by atoms with Gasteiger partial charge in [-0.3, -0.25) is 14.7 Å². The smallest absolute Gasteiger partial charge is 0.508 e. The number of rotatable bonds is 5. The molecule has 2 aliphatic rings. The van der Waals surface area contributed by atoms with E-state index >= 15 is 0 Å². The van der Waals surface area contributed by atoms with Crippen molar-refractivity contribution in [2.75, 3.05) is 0 Å². The minimum absolute atomic E-state index is 0.0173. The predicted molar refractivity (Wildman–Crippen MR) is 128 cm³/mol. The van der Waals surface area contributed by atoms with Gasteiger partial charge in [-0.05, 0) is 60.9 Å². The Hall–Kier alpha value is -3.95. The van der Waals surface area contributed by atoms with Gasteiger partial charge in [0.05, 0.1) is 16.5 Å².